The van der Waals surface area contributed by atoms with E-state index in [-0.39, 0.29) is 11.8 Å². The molecule has 1 aromatic carbocycles. The minimum absolute atomic E-state index is 0.216. The van der Waals surface area contributed by atoms with Gasteiger partial charge in [0.2, 0.25) is 0 Å². The van der Waals surface area contributed by atoms with Crippen molar-refractivity contribution < 1.29 is 9.59 Å². The lowest BCUT2D eigenvalue weighted by molar-refractivity contribution is 0.102. The lowest BCUT2D eigenvalue weighted by Gasteiger charge is -2.10. The molecule has 0 saturated carbocycles. The Morgan fingerprint density at radius 2 is 1.59 bits per heavy atom. The quantitative estimate of drug-likeness (QED) is 0.338. The molecule has 32 heavy (non-hydrogen) atoms. The first-order chi connectivity index (χ1) is 15.4. The van der Waals surface area contributed by atoms with Crippen LogP contribution in [-0.4, -0.2) is 21.6 Å². The summed E-state index contributed by atoms with van der Waals surface area (Å²) in [6.07, 6.45) is 0. The lowest BCUT2D eigenvalue weighted by atomic mass is 10.2. The first kappa shape index (κ1) is 21.6. The number of hydrogen-bond acceptors (Lipinski definition) is 7. The molecular formula is C22H20N6O2S2. The average molecular weight is 465 g/mol. The number of carbonyl (C=O) groups excluding carboxylic acids is 2. The third kappa shape index (κ3) is 4.66. The number of benzene rings is 1. The molecule has 3 heterocycles. The van der Waals surface area contributed by atoms with Gasteiger partial charge in [0.05, 0.1) is 26.8 Å². The largest absolute Gasteiger partial charge is 0.321 e. The molecule has 2 amide bonds. The summed E-state index contributed by atoms with van der Waals surface area (Å²) in [5, 5.41) is 22.5. The number of hydrogen-bond donors (Lipinski definition) is 2. The number of aromatic nitrogens is 2. The van der Waals surface area contributed by atoms with E-state index in [9.17, 15) is 9.59 Å². The number of rotatable bonds is 6. The number of aryl methyl sites for hydroxylation is 2. The smallest absolute Gasteiger partial charge is 0.265 e. The minimum atomic E-state index is -0.257. The predicted molar refractivity (Wildman–Crippen MR) is 128 cm³/mol. The van der Waals surface area contributed by atoms with Gasteiger partial charge in [-0.3, -0.25) is 14.3 Å². The number of azo groups is 1. The summed E-state index contributed by atoms with van der Waals surface area (Å²) >= 11 is 2.70. The zero-order chi connectivity index (χ0) is 22.7. The first-order valence-electron chi connectivity index (χ1n) is 9.68. The fraction of sp³-hybridized carbons (Fsp3) is 0.136. The zero-order valence-electron chi connectivity index (χ0n) is 17.6. The summed E-state index contributed by atoms with van der Waals surface area (Å²) < 4.78 is 1.74. The summed E-state index contributed by atoms with van der Waals surface area (Å²) in [5.74, 6) is -0.474. The van der Waals surface area contributed by atoms with Gasteiger partial charge in [-0.25, -0.2) is 0 Å². The second-order valence-electron chi connectivity index (χ2n) is 6.94. The maximum atomic E-state index is 12.7. The third-order valence-electron chi connectivity index (χ3n) is 4.72. The van der Waals surface area contributed by atoms with Crippen molar-refractivity contribution >= 4 is 57.2 Å². The highest BCUT2D eigenvalue weighted by Gasteiger charge is 2.14. The fourth-order valence-electron chi connectivity index (χ4n) is 3.00. The standard InChI is InChI=1S/C22H20N6O2S2/c1-13-20(14(2)28(3)27-13)26-25-16-9-8-15(23-21(29)18-6-4-10-31-18)12-17(16)24-22(30)19-7-5-11-32-19/h4-12H,1-3H3,(H,23,29)(H,24,30)/b26-25+. The molecule has 0 atom stereocenters. The van der Waals surface area contributed by atoms with Crippen molar-refractivity contribution in [2.75, 3.05) is 10.6 Å². The molecule has 0 unspecified atom stereocenters. The van der Waals surface area contributed by atoms with Crippen molar-refractivity contribution in [1.82, 2.24) is 9.78 Å². The van der Waals surface area contributed by atoms with Crippen molar-refractivity contribution in [3.63, 3.8) is 0 Å². The van der Waals surface area contributed by atoms with E-state index in [0.717, 1.165) is 11.4 Å². The molecule has 162 valence electrons. The molecule has 8 nitrogen and oxygen atoms in total. The van der Waals surface area contributed by atoms with Gasteiger partial charge in [0.25, 0.3) is 11.8 Å². The van der Waals surface area contributed by atoms with E-state index in [2.05, 4.69) is 26.0 Å². The number of thiophene rings is 2. The Morgan fingerprint density at radius 1 is 0.938 bits per heavy atom. The Bertz CT molecular complexity index is 1290. The molecule has 0 aliphatic heterocycles. The Balaban J connectivity index is 1.65. The van der Waals surface area contributed by atoms with Gasteiger partial charge in [-0.1, -0.05) is 12.1 Å². The molecule has 10 heteroatoms. The van der Waals surface area contributed by atoms with Gasteiger partial charge in [0, 0.05) is 12.7 Å². The van der Waals surface area contributed by atoms with E-state index in [1.54, 1.807) is 35.0 Å². The van der Waals surface area contributed by atoms with Gasteiger partial charge in [-0.15, -0.1) is 32.9 Å². The summed E-state index contributed by atoms with van der Waals surface area (Å²) in [5.41, 5.74) is 3.77. The van der Waals surface area contributed by atoms with Crippen LogP contribution in [0.4, 0.5) is 22.7 Å². The number of carbonyl (C=O) groups is 2. The minimum Gasteiger partial charge on any atom is -0.321 e. The Morgan fingerprint density at radius 3 is 2.16 bits per heavy atom. The lowest BCUT2D eigenvalue weighted by Crippen LogP contribution is -2.12. The van der Waals surface area contributed by atoms with Crippen LogP contribution in [0.3, 0.4) is 0 Å². The van der Waals surface area contributed by atoms with Crippen LogP contribution in [0.25, 0.3) is 0 Å². The number of anilines is 2. The molecule has 0 aliphatic rings. The van der Waals surface area contributed by atoms with E-state index >= 15 is 0 Å². The predicted octanol–water partition coefficient (Wildman–Crippen LogP) is 6.08. The van der Waals surface area contributed by atoms with Gasteiger partial charge >= 0.3 is 0 Å². The van der Waals surface area contributed by atoms with Crippen molar-refractivity contribution in [3.05, 3.63) is 74.4 Å². The second-order valence-corrected chi connectivity index (χ2v) is 8.83. The van der Waals surface area contributed by atoms with Crippen LogP contribution in [-0.2, 0) is 7.05 Å². The molecule has 4 aromatic rings. The van der Waals surface area contributed by atoms with Crippen LogP contribution >= 0.6 is 22.7 Å². The number of nitrogens with zero attached hydrogens (tertiary/aromatic N) is 4. The Hall–Kier alpha value is -3.63. The highest BCUT2D eigenvalue weighted by molar-refractivity contribution is 7.12. The van der Waals surface area contributed by atoms with Gasteiger partial charge in [0.15, 0.2) is 0 Å². The van der Waals surface area contributed by atoms with Gasteiger partial charge < -0.3 is 10.6 Å². The van der Waals surface area contributed by atoms with E-state index in [1.165, 1.54) is 22.7 Å². The second kappa shape index (κ2) is 9.25. The van der Waals surface area contributed by atoms with Crippen molar-refractivity contribution in [2.24, 2.45) is 17.3 Å². The summed E-state index contributed by atoms with van der Waals surface area (Å²) in [6, 6.07) is 12.2. The van der Waals surface area contributed by atoms with Crippen LogP contribution in [0.1, 0.15) is 30.7 Å². The SMILES string of the molecule is Cc1nn(C)c(C)c1/N=N/c1ccc(NC(=O)c2cccs2)cc1NC(=O)c1cccs1. The van der Waals surface area contributed by atoms with Crippen molar-refractivity contribution in [2.45, 2.75) is 13.8 Å². The number of amides is 2. The average Bonchev–Trinajstić information content (AvgIpc) is 3.52. The first-order valence-corrected chi connectivity index (χ1v) is 11.4. The summed E-state index contributed by atoms with van der Waals surface area (Å²) in [7, 11) is 1.85. The molecule has 2 N–H and O–H groups in total. The van der Waals surface area contributed by atoms with Crippen LogP contribution in [0.5, 0.6) is 0 Å². The van der Waals surface area contributed by atoms with Crippen LogP contribution < -0.4 is 10.6 Å². The highest BCUT2D eigenvalue weighted by atomic mass is 32.1. The Kier molecular flexibility index (Phi) is 6.24. The third-order valence-corrected chi connectivity index (χ3v) is 6.46. The molecule has 0 bridgehead atoms. The molecule has 0 spiro atoms. The monoisotopic (exact) mass is 464 g/mol. The molecule has 3 aromatic heterocycles. The number of nitrogens with one attached hydrogen (secondary N) is 2. The Labute approximate surface area is 192 Å². The van der Waals surface area contributed by atoms with Crippen LogP contribution in [0, 0.1) is 13.8 Å². The molecule has 4 rings (SSSR count). The maximum absolute atomic E-state index is 12.7. The van der Waals surface area contributed by atoms with E-state index in [0.29, 0.717) is 32.5 Å². The molecule has 0 aliphatic carbocycles. The molecular weight excluding hydrogens is 444 g/mol. The summed E-state index contributed by atoms with van der Waals surface area (Å²) in [4.78, 5) is 26.3. The van der Waals surface area contributed by atoms with Gasteiger partial charge in [0.1, 0.15) is 11.4 Å². The topological polar surface area (TPSA) is 101 Å². The van der Waals surface area contributed by atoms with Crippen LogP contribution in [0.2, 0.25) is 0 Å². The van der Waals surface area contributed by atoms with Crippen molar-refractivity contribution in [3.8, 4) is 0 Å². The zero-order valence-corrected chi connectivity index (χ0v) is 19.3. The van der Waals surface area contributed by atoms with Gasteiger partial charge in [-0.05, 0) is 54.9 Å². The van der Waals surface area contributed by atoms with Crippen LogP contribution in [0.15, 0.2) is 63.5 Å². The highest BCUT2D eigenvalue weighted by Crippen LogP contribution is 2.32. The molecule has 0 saturated heterocycles. The van der Waals surface area contributed by atoms with Gasteiger partial charge in [-0.2, -0.15) is 5.10 Å². The summed E-state index contributed by atoms with van der Waals surface area (Å²) in [6.45, 7) is 3.78. The fourth-order valence-corrected chi connectivity index (χ4v) is 4.24. The molecule has 0 fully saturated rings. The normalized spacial score (nSPS) is 11.1. The molecule has 0 radical (unpaired) electrons. The van der Waals surface area contributed by atoms with E-state index < -0.39 is 0 Å². The van der Waals surface area contributed by atoms with E-state index in [1.807, 2.05) is 43.8 Å². The van der Waals surface area contributed by atoms with E-state index in [4.69, 9.17) is 0 Å². The maximum Gasteiger partial charge on any atom is 0.265 e. The van der Waals surface area contributed by atoms with Crippen molar-refractivity contribution in [1.29, 1.82) is 0 Å².